The smallest absolute Gasteiger partial charge is 0.212 e. The van der Waals surface area contributed by atoms with Crippen molar-refractivity contribution in [2.75, 3.05) is 0 Å². The molecule has 1 atom stereocenters. The lowest BCUT2D eigenvalue weighted by molar-refractivity contribution is -0.305. The molecule has 0 radical (unpaired) electrons. The van der Waals surface area contributed by atoms with E-state index < -0.39 is 5.97 Å². The quantitative estimate of drug-likeness (QED) is 0.842. The largest absolute Gasteiger partial charge is 0.550 e. The number of benzene rings is 1. The highest BCUT2D eigenvalue weighted by molar-refractivity contribution is 8.00. The summed E-state index contributed by atoms with van der Waals surface area (Å²) in [7, 11) is 0. The molecule has 1 aliphatic heterocycles. The summed E-state index contributed by atoms with van der Waals surface area (Å²) in [5.74, 6) is -0.385. The summed E-state index contributed by atoms with van der Waals surface area (Å²) in [6.45, 7) is 1.96. The maximum Gasteiger partial charge on any atom is 0.212 e. The summed E-state index contributed by atoms with van der Waals surface area (Å²) in [4.78, 5) is 11.0. The van der Waals surface area contributed by atoms with Crippen LogP contribution in [0.3, 0.4) is 0 Å². The molecule has 8 heteroatoms. The lowest BCUT2D eigenvalue weighted by Gasteiger charge is -2.23. The minimum Gasteiger partial charge on any atom is -0.550 e. The second-order valence-electron chi connectivity index (χ2n) is 4.74. The number of hydrogen-bond acceptors (Lipinski definition) is 6. The van der Waals surface area contributed by atoms with E-state index >= 15 is 0 Å². The third-order valence-corrected chi connectivity index (χ3v) is 4.64. The Kier molecular flexibility index (Phi) is 4.17. The number of fused-ring (bicyclic) bond motifs is 1. The number of rotatable bonds is 4. The third kappa shape index (κ3) is 2.86. The summed E-state index contributed by atoms with van der Waals surface area (Å²) in [6, 6.07) is 7.15. The van der Waals surface area contributed by atoms with E-state index in [2.05, 4.69) is 15.3 Å². The molecule has 22 heavy (non-hydrogen) atoms. The molecule has 0 aliphatic carbocycles. The number of thioether (sulfide) groups is 1. The summed E-state index contributed by atoms with van der Waals surface area (Å²) in [5.41, 5.74) is 1.48. The van der Waals surface area contributed by atoms with E-state index in [1.165, 1.54) is 11.8 Å². The Labute approximate surface area is 136 Å². The molecular weight excluding hydrogens is 324 g/mol. The van der Waals surface area contributed by atoms with Crippen molar-refractivity contribution in [1.29, 1.82) is 0 Å². The Balaban J connectivity index is 2.07. The van der Waals surface area contributed by atoms with Gasteiger partial charge in [0.05, 0.1) is 11.0 Å². The zero-order valence-electron chi connectivity index (χ0n) is 11.7. The van der Waals surface area contributed by atoms with Crippen molar-refractivity contribution in [2.45, 2.75) is 30.2 Å². The molecule has 0 saturated heterocycles. The van der Waals surface area contributed by atoms with Gasteiger partial charge in [-0.1, -0.05) is 42.4 Å². The number of carbonyl (C=O) groups is 1. The molecule has 0 bridgehead atoms. The van der Waals surface area contributed by atoms with Crippen molar-refractivity contribution in [3.05, 3.63) is 40.7 Å². The van der Waals surface area contributed by atoms with Crippen LogP contribution in [0.4, 0.5) is 0 Å². The first-order valence-electron chi connectivity index (χ1n) is 6.74. The fourth-order valence-electron chi connectivity index (χ4n) is 2.20. The monoisotopic (exact) mass is 335 g/mol. The van der Waals surface area contributed by atoms with E-state index in [1.54, 1.807) is 16.8 Å². The number of aromatic nitrogens is 3. The minimum absolute atomic E-state index is 0.138. The van der Waals surface area contributed by atoms with Gasteiger partial charge in [0.25, 0.3) is 0 Å². The molecule has 0 fully saturated rings. The molecule has 0 unspecified atom stereocenters. The van der Waals surface area contributed by atoms with Gasteiger partial charge in [-0.25, -0.2) is 0 Å². The van der Waals surface area contributed by atoms with Crippen LogP contribution in [0.5, 0.6) is 0 Å². The number of aryl methyl sites for hydroxylation is 1. The molecule has 2 aromatic rings. The van der Waals surface area contributed by atoms with E-state index in [0.29, 0.717) is 22.3 Å². The first-order valence-corrected chi connectivity index (χ1v) is 8.00. The summed E-state index contributed by atoms with van der Waals surface area (Å²) >= 11 is 7.24. The molecule has 0 saturated carbocycles. The number of halogens is 1. The van der Waals surface area contributed by atoms with E-state index in [1.807, 2.05) is 19.1 Å². The van der Waals surface area contributed by atoms with Crippen molar-refractivity contribution in [1.82, 2.24) is 14.9 Å². The van der Waals surface area contributed by atoms with Gasteiger partial charge in [0, 0.05) is 23.8 Å². The topological polar surface area (TPSA) is 83.2 Å². The van der Waals surface area contributed by atoms with Gasteiger partial charge >= 0.3 is 0 Å². The van der Waals surface area contributed by atoms with Crippen molar-refractivity contribution in [3.8, 4) is 0 Å². The van der Waals surface area contributed by atoms with E-state index in [4.69, 9.17) is 11.6 Å². The normalized spacial score (nSPS) is 17.0. The fraction of sp³-hybridized carbons (Fsp3) is 0.286. The molecule has 2 heterocycles. The Bertz CT molecular complexity index is 742. The van der Waals surface area contributed by atoms with Crippen LogP contribution in [0.1, 0.15) is 24.7 Å². The Morgan fingerprint density at radius 3 is 2.73 bits per heavy atom. The molecule has 114 valence electrons. The van der Waals surface area contributed by atoms with Crippen molar-refractivity contribution in [2.24, 2.45) is 5.10 Å². The number of carboxylic acids is 1. The molecule has 1 aliphatic rings. The van der Waals surface area contributed by atoms with Gasteiger partial charge in [-0.15, -0.1) is 10.2 Å². The minimum atomic E-state index is -1.12. The van der Waals surface area contributed by atoms with Gasteiger partial charge in [-0.05, 0) is 17.7 Å². The number of nitrogens with zero attached hydrogens (tertiary/aromatic N) is 4. The average molecular weight is 336 g/mol. The number of hydrogen-bond donors (Lipinski definition) is 0. The molecule has 0 amide bonds. The van der Waals surface area contributed by atoms with E-state index in [0.717, 1.165) is 11.4 Å². The van der Waals surface area contributed by atoms with Crippen molar-refractivity contribution in [3.63, 3.8) is 0 Å². The maximum atomic E-state index is 11.0. The summed E-state index contributed by atoms with van der Waals surface area (Å²) < 4.78 is 1.67. The SMILES string of the molecule is CCc1nnc2n1N=C(c1ccc(Cl)cc1)[C@H](CC(=O)[O-])S2. The zero-order chi connectivity index (χ0) is 15.7. The van der Waals surface area contributed by atoms with Crippen LogP contribution >= 0.6 is 23.4 Å². The standard InChI is InChI=1S/C14H13ClN4O2S/c1-2-11-16-17-14-19(11)18-13(10(22-14)7-12(20)21)8-3-5-9(15)6-4-8/h3-6,10H,2,7H2,1H3,(H,20,21)/p-1/t10-/m0/s1. The maximum absolute atomic E-state index is 11.0. The highest BCUT2D eigenvalue weighted by Crippen LogP contribution is 2.32. The van der Waals surface area contributed by atoms with Gasteiger partial charge in [0.1, 0.15) is 0 Å². The molecule has 6 nitrogen and oxygen atoms in total. The lowest BCUT2D eigenvalue weighted by Crippen LogP contribution is -2.33. The Morgan fingerprint density at radius 1 is 1.36 bits per heavy atom. The fourth-order valence-corrected chi connectivity index (χ4v) is 3.43. The van der Waals surface area contributed by atoms with Gasteiger partial charge < -0.3 is 9.90 Å². The van der Waals surface area contributed by atoms with Gasteiger partial charge in [0.15, 0.2) is 5.82 Å². The summed E-state index contributed by atoms with van der Waals surface area (Å²) in [5, 5.41) is 24.6. The molecule has 0 N–H and O–H groups in total. The highest BCUT2D eigenvalue weighted by Gasteiger charge is 2.28. The van der Waals surface area contributed by atoms with Crippen LogP contribution in [-0.2, 0) is 11.2 Å². The van der Waals surface area contributed by atoms with E-state index in [9.17, 15) is 9.90 Å². The van der Waals surface area contributed by atoms with Crippen molar-refractivity contribution < 1.29 is 9.90 Å². The zero-order valence-corrected chi connectivity index (χ0v) is 13.3. The second kappa shape index (κ2) is 6.10. The summed E-state index contributed by atoms with van der Waals surface area (Å²) in [6.07, 6.45) is 0.552. The third-order valence-electron chi connectivity index (χ3n) is 3.25. The predicted octanol–water partition coefficient (Wildman–Crippen LogP) is 1.36. The van der Waals surface area contributed by atoms with Crippen LogP contribution in [0.25, 0.3) is 0 Å². The van der Waals surface area contributed by atoms with Crippen LogP contribution in [-0.4, -0.2) is 31.8 Å². The van der Waals surface area contributed by atoms with Crippen molar-refractivity contribution >= 4 is 35.0 Å². The van der Waals surface area contributed by atoms with Crippen LogP contribution in [0, 0.1) is 0 Å². The second-order valence-corrected chi connectivity index (χ2v) is 6.35. The highest BCUT2D eigenvalue weighted by atomic mass is 35.5. The first-order chi connectivity index (χ1) is 10.6. The number of carboxylic acid groups (broad SMARTS) is 1. The first kappa shape index (κ1) is 15.1. The molecule has 1 aromatic heterocycles. The number of carbonyl (C=O) groups excluding carboxylic acids is 1. The van der Waals surface area contributed by atoms with Gasteiger partial charge in [-0.3, -0.25) is 0 Å². The van der Waals surface area contributed by atoms with Gasteiger partial charge in [0.2, 0.25) is 5.16 Å². The average Bonchev–Trinajstić information content (AvgIpc) is 2.88. The molecule has 1 aromatic carbocycles. The van der Waals surface area contributed by atoms with Crippen LogP contribution in [0.15, 0.2) is 34.5 Å². The van der Waals surface area contributed by atoms with Gasteiger partial charge in [-0.2, -0.15) is 9.78 Å². The molecule has 0 spiro atoms. The lowest BCUT2D eigenvalue weighted by atomic mass is 10.1. The molecule has 3 rings (SSSR count). The van der Waals surface area contributed by atoms with Crippen LogP contribution in [0.2, 0.25) is 5.02 Å². The van der Waals surface area contributed by atoms with E-state index in [-0.39, 0.29) is 11.7 Å². The Morgan fingerprint density at radius 2 is 2.09 bits per heavy atom. The predicted molar refractivity (Wildman–Crippen MR) is 82.1 cm³/mol. The van der Waals surface area contributed by atoms with Crippen LogP contribution < -0.4 is 5.11 Å². The molecular formula is C14H12ClN4O2S-. The Hall–Kier alpha value is -1.86. The number of aliphatic carboxylic acids is 1.